The van der Waals surface area contributed by atoms with Gasteiger partial charge < -0.3 is 5.11 Å². The van der Waals surface area contributed by atoms with E-state index in [2.05, 4.69) is 0 Å². The van der Waals surface area contributed by atoms with Gasteiger partial charge in [0.1, 0.15) is 0 Å². The highest BCUT2D eigenvalue weighted by atomic mass is 16.4. The Morgan fingerprint density at radius 3 is 2.60 bits per heavy atom. The predicted molar refractivity (Wildman–Crippen MR) is 61.0 cm³/mol. The topological polar surface area (TPSA) is 37.3 Å². The van der Waals surface area contributed by atoms with Crippen molar-refractivity contribution in [2.45, 2.75) is 32.8 Å². The molecule has 0 unspecified atom stereocenters. The average Bonchev–Trinajstić information content (AvgIpc) is 2.49. The molecule has 1 rings (SSSR count). The van der Waals surface area contributed by atoms with Crippen molar-refractivity contribution >= 4 is 5.97 Å². The van der Waals surface area contributed by atoms with Gasteiger partial charge in [0.25, 0.3) is 0 Å². The van der Waals surface area contributed by atoms with Crippen LogP contribution in [-0.4, -0.2) is 11.1 Å². The van der Waals surface area contributed by atoms with Gasteiger partial charge in [-0.25, -0.2) is 0 Å². The van der Waals surface area contributed by atoms with Crippen LogP contribution in [0.3, 0.4) is 0 Å². The largest absolute Gasteiger partial charge is 0.481 e. The number of hydrogen-bond acceptors (Lipinski definition) is 1. The summed E-state index contributed by atoms with van der Waals surface area (Å²) in [5.41, 5.74) is -1.13. The minimum Gasteiger partial charge on any atom is -0.481 e. The van der Waals surface area contributed by atoms with Crippen LogP contribution in [0.15, 0.2) is 24.3 Å². The molecule has 1 aromatic rings. The van der Waals surface area contributed by atoms with Crippen LogP contribution in [0.2, 0.25) is 0 Å². The quantitative estimate of drug-likeness (QED) is 0.845. The Kier molecular flexibility index (Phi) is 1.02. The Bertz CT molecular complexity index is 715. The first-order valence-corrected chi connectivity index (χ1v) is 4.00. The molecule has 2 nitrogen and oxygen atoms in total. The molecule has 0 aromatic heterocycles. The van der Waals surface area contributed by atoms with Crippen LogP contribution < -0.4 is 0 Å². The third-order valence-corrected chi connectivity index (χ3v) is 1.66. The third-order valence-electron chi connectivity index (χ3n) is 1.66. The lowest BCUT2D eigenvalue weighted by Crippen LogP contribution is -2.07. The number of aliphatic carboxylic acids is 1. The first-order valence-electron chi connectivity index (χ1n) is 10.5. The summed E-state index contributed by atoms with van der Waals surface area (Å²) in [6.45, 7) is -10.4. The molecule has 15 heavy (non-hydrogen) atoms. The second-order valence-corrected chi connectivity index (χ2v) is 2.76. The van der Waals surface area contributed by atoms with Gasteiger partial charge in [0.15, 0.2) is 0 Å². The highest BCUT2D eigenvalue weighted by Crippen LogP contribution is 2.17. The summed E-state index contributed by atoms with van der Waals surface area (Å²) in [5.74, 6) is -8.63. The molecule has 0 saturated carbocycles. The van der Waals surface area contributed by atoms with Crippen molar-refractivity contribution in [2.75, 3.05) is 0 Å². The van der Waals surface area contributed by atoms with E-state index in [1.165, 1.54) is 0 Å². The van der Waals surface area contributed by atoms with Gasteiger partial charge in [-0.3, -0.25) is 4.79 Å². The summed E-state index contributed by atoms with van der Waals surface area (Å²) < 4.78 is 98.2. The Hall–Kier alpha value is -1.31. The number of carbonyl (C=O) groups is 1. The van der Waals surface area contributed by atoms with Crippen LogP contribution in [0.5, 0.6) is 0 Å². The zero-order valence-electron chi connectivity index (χ0n) is 20.7. The summed E-state index contributed by atoms with van der Waals surface area (Å²) in [6, 6.07) is 3.16. The first kappa shape index (κ1) is 3.09. The fourth-order valence-electron chi connectivity index (χ4n) is 0.988. The van der Waals surface area contributed by atoms with Crippen molar-refractivity contribution in [1.29, 1.82) is 0 Å². The normalized spacial score (nSPS) is 31.9. The first-order chi connectivity index (χ1) is 12.2. The van der Waals surface area contributed by atoms with E-state index in [1.54, 1.807) is 0 Å². The van der Waals surface area contributed by atoms with Gasteiger partial charge in [-0.15, -0.1) is 0 Å². The van der Waals surface area contributed by atoms with Gasteiger partial charge in [0.2, 0.25) is 0 Å². The molecule has 0 bridgehead atoms. The lowest BCUT2D eigenvalue weighted by atomic mass is 9.97. The van der Waals surface area contributed by atoms with Crippen molar-refractivity contribution in [3.63, 3.8) is 0 Å². The van der Waals surface area contributed by atoms with Crippen molar-refractivity contribution in [1.82, 2.24) is 0 Å². The fraction of sp³-hybridized carbons (Fsp3) is 0.462. The summed E-state index contributed by atoms with van der Waals surface area (Å²) in [7, 11) is 0. The van der Waals surface area contributed by atoms with Crippen LogP contribution >= 0.6 is 0 Å². The van der Waals surface area contributed by atoms with Crippen LogP contribution in [0.1, 0.15) is 55.4 Å². The van der Waals surface area contributed by atoms with Crippen LogP contribution in [0.25, 0.3) is 0 Å². The maximum Gasteiger partial charge on any atom is 0.310 e. The molecule has 0 spiro atoms. The van der Waals surface area contributed by atoms with E-state index in [9.17, 15) is 9.90 Å². The maximum absolute atomic E-state index is 11.4. The fourth-order valence-corrected chi connectivity index (χ4v) is 0.988. The second-order valence-electron chi connectivity index (χ2n) is 2.76. The second kappa shape index (κ2) is 4.96. The van der Waals surface area contributed by atoms with E-state index in [1.807, 2.05) is 0 Å². The summed E-state index contributed by atoms with van der Waals surface area (Å²) >= 11 is 0. The van der Waals surface area contributed by atoms with Gasteiger partial charge in [0, 0.05) is 17.8 Å². The van der Waals surface area contributed by atoms with Gasteiger partial charge in [-0.1, -0.05) is 38.0 Å². The van der Waals surface area contributed by atoms with E-state index in [-0.39, 0.29) is 0 Å². The van der Waals surface area contributed by atoms with Crippen molar-refractivity contribution in [3.8, 4) is 0 Å². The molecule has 0 radical (unpaired) electrons. The maximum atomic E-state index is 11.4. The van der Waals surface area contributed by atoms with Crippen molar-refractivity contribution < 1.29 is 27.7 Å². The molecule has 0 fully saturated rings. The third kappa shape index (κ3) is 3.39. The van der Waals surface area contributed by atoms with E-state index < -0.39 is 55.8 Å². The zero-order valence-corrected chi connectivity index (χ0v) is 7.66. The van der Waals surface area contributed by atoms with Gasteiger partial charge in [-0.2, -0.15) is 0 Å². The Morgan fingerprint density at radius 2 is 2.13 bits per heavy atom. The van der Waals surface area contributed by atoms with Crippen molar-refractivity contribution in [3.05, 3.63) is 35.4 Å². The molecular formula is C13H18O2. The van der Waals surface area contributed by atoms with Crippen LogP contribution in [-0.2, 0) is 11.2 Å². The highest BCUT2D eigenvalue weighted by molar-refractivity contribution is 5.75. The SMILES string of the molecule is [2H]C([2H])([2H])C([2H])(C([2H])([2H])[2H])C([2H])([2H])c1ccc([C@]([2H])(C(=O)O)C([2H])([2H])[2H])cc1. The highest BCUT2D eigenvalue weighted by Gasteiger charge is 2.12. The smallest absolute Gasteiger partial charge is 0.310 e. The minimum atomic E-state index is -3.57. The molecule has 2 heteroatoms. The number of rotatable bonds is 4. The lowest BCUT2D eigenvalue weighted by molar-refractivity contribution is -0.138. The molecule has 1 aromatic carbocycles. The van der Waals surface area contributed by atoms with Gasteiger partial charge in [-0.05, 0) is 30.2 Å². The van der Waals surface area contributed by atoms with E-state index in [0.717, 1.165) is 24.3 Å². The monoisotopic (exact) mass is 219 g/mol. The van der Waals surface area contributed by atoms with Gasteiger partial charge >= 0.3 is 5.97 Å². The summed E-state index contributed by atoms with van der Waals surface area (Å²) in [6.07, 6.45) is -3.25. The molecule has 1 N–H and O–H groups in total. The predicted octanol–water partition coefficient (Wildman–Crippen LogP) is 3.07. The molecule has 0 aliphatic carbocycles. The van der Waals surface area contributed by atoms with E-state index in [4.69, 9.17) is 17.8 Å². The van der Waals surface area contributed by atoms with Gasteiger partial charge in [0.05, 0.1) is 5.89 Å². The van der Waals surface area contributed by atoms with E-state index >= 15 is 0 Å². The van der Waals surface area contributed by atoms with Crippen molar-refractivity contribution in [2.24, 2.45) is 5.89 Å². The Morgan fingerprint density at radius 1 is 1.47 bits per heavy atom. The van der Waals surface area contributed by atoms with E-state index in [0.29, 0.717) is 0 Å². The zero-order chi connectivity index (χ0) is 22.6. The molecule has 0 amide bonds. The van der Waals surface area contributed by atoms with Crippen LogP contribution in [0, 0.1) is 5.89 Å². The standard InChI is InChI=1S/C13H18O2/c1-9(2)8-11-4-6-12(7-5-11)10(3)13(14)15/h4-7,9-10H,8H2,1-3H3,(H,14,15)/t10-/m1/s1/i1D3,2D3,3D3,8D2,9D,10D. The number of hydrogen-bond donors (Lipinski definition) is 1. The lowest BCUT2D eigenvalue weighted by Gasteiger charge is -2.09. The molecule has 0 saturated heterocycles. The minimum absolute atomic E-state index is 0.544. The number of carboxylic acids is 1. The summed E-state index contributed by atoms with van der Waals surface area (Å²) in [4.78, 5) is 11.4. The molecule has 0 heterocycles. The molecular weight excluding hydrogens is 188 g/mol. The molecule has 0 aliphatic rings. The Labute approximate surface area is 109 Å². The molecule has 1 atom stereocenters. The summed E-state index contributed by atoms with van der Waals surface area (Å²) in [5, 5.41) is 9.19. The molecule has 82 valence electrons. The average molecular weight is 219 g/mol. The molecule has 0 aliphatic heterocycles. The number of benzene rings is 1. The Balaban J connectivity index is 3.62. The van der Waals surface area contributed by atoms with Crippen LogP contribution in [0.4, 0.5) is 0 Å². The number of carboxylic acid groups (broad SMARTS) is 1.